The number of hydrogen-bond donors (Lipinski definition) is 2. The molecule has 6 heteroatoms. The Balaban J connectivity index is 1.74. The normalized spacial score (nSPS) is 12.8. The van der Waals surface area contributed by atoms with E-state index < -0.39 is 6.04 Å². The molecule has 2 amide bonds. The first-order valence-electron chi connectivity index (χ1n) is 11.7. The minimum atomic E-state index is -0.680. The van der Waals surface area contributed by atoms with Crippen LogP contribution in [-0.2, 0) is 33.4 Å². The first kappa shape index (κ1) is 25.2. The van der Waals surface area contributed by atoms with Crippen molar-refractivity contribution in [2.45, 2.75) is 71.4 Å². The highest BCUT2D eigenvalue weighted by molar-refractivity contribution is 5.96. The van der Waals surface area contributed by atoms with Crippen LogP contribution in [0.1, 0.15) is 58.4 Å². The van der Waals surface area contributed by atoms with Crippen LogP contribution in [0.15, 0.2) is 66.7 Å². The third-order valence-electron chi connectivity index (χ3n) is 5.76. The molecule has 34 heavy (non-hydrogen) atoms. The van der Waals surface area contributed by atoms with E-state index in [1.807, 2.05) is 59.3 Å². The van der Waals surface area contributed by atoms with Gasteiger partial charge in [-0.2, -0.15) is 5.10 Å². The predicted molar refractivity (Wildman–Crippen MR) is 137 cm³/mol. The van der Waals surface area contributed by atoms with Crippen molar-refractivity contribution < 1.29 is 9.59 Å². The van der Waals surface area contributed by atoms with Crippen LogP contribution in [0.3, 0.4) is 0 Å². The molecular weight excluding hydrogens is 424 g/mol. The van der Waals surface area contributed by atoms with E-state index in [2.05, 4.69) is 57.4 Å². The van der Waals surface area contributed by atoms with Gasteiger partial charge in [0.15, 0.2) is 0 Å². The number of carbonyl (C=O) groups is 2. The highest BCUT2D eigenvalue weighted by atomic mass is 16.2. The maximum Gasteiger partial charge on any atom is 0.247 e. The van der Waals surface area contributed by atoms with Gasteiger partial charge in [-0.1, -0.05) is 74.5 Å². The van der Waals surface area contributed by atoms with E-state index in [1.54, 1.807) is 6.92 Å². The maximum absolute atomic E-state index is 13.0. The molecule has 180 valence electrons. The Morgan fingerprint density at radius 1 is 0.912 bits per heavy atom. The summed E-state index contributed by atoms with van der Waals surface area (Å²) in [5, 5.41) is 10.7. The fourth-order valence-corrected chi connectivity index (χ4v) is 3.88. The molecule has 0 aliphatic carbocycles. The van der Waals surface area contributed by atoms with E-state index >= 15 is 0 Å². The number of hydrogen-bond acceptors (Lipinski definition) is 3. The van der Waals surface area contributed by atoms with Gasteiger partial charge in [0.25, 0.3) is 0 Å². The molecule has 0 saturated carbocycles. The Bertz CT molecular complexity index is 1110. The largest absolute Gasteiger partial charge is 0.344 e. The van der Waals surface area contributed by atoms with Crippen LogP contribution in [-0.4, -0.2) is 27.6 Å². The van der Waals surface area contributed by atoms with Gasteiger partial charge in [-0.15, -0.1) is 0 Å². The lowest BCUT2D eigenvalue weighted by Crippen LogP contribution is -2.42. The summed E-state index contributed by atoms with van der Waals surface area (Å²) in [7, 11) is 0. The molecule has 1 atom stereocenters. The number of benzene rings is 2. The molecule has 3 aromatic rings. The number of anilines is 1. The zero-order valence-electron chi connectivity index (χ0n) is 21.1. The van der Waals surface area contributed by atoms with E-state index in [4.69, 9.17) is 5.10 Å². The number of rotatable bonds is 8. The van der Waals surface area contributed by atoms with Gasteiger partial charge in [0.1, 0.15) is 11.9 Å². The molecule has 6 nitrogen and oxygen atoms in total. The van der Waals surface area contributed by atoms with Crippen molar-refractivity contribution in [1.29, 1.82) is 0 Å². The monoisotopic (exact) mass is 460 g/mol. The number of carbonyl (C=O) groups excluding carboxylic acids is 2. The lowest BCUT2D eigenvalue weighted by atomic mass is 9.83. The van der Waals surface area contributed by atoms with Gasteiger partial charge in [0.05, 0.1) is 17.7 Å². The summed E-state index contributed by atoms with van der Waals surface area (Å²) in [6, 6.07) is 21.1. The van der Waals surface area contributed by atoms with Crippen molar-refractivity contribution in [3.8, 4) is 0 Å². The van der Waals surface area contributed by atoms with Crippen LogP contribution in [0.5, 0.6) is 0 Å². The van der Waals surface area contributed by atoms with Crippen molar-refractivity contribution in [1.82, 2.24) is 15.1 Å². The van der Waals surface area contributed by atoms with E-state index in [0.717, 1.165) is 17.7 Å². The Labute approximate surface area is 202 Å². The van der Waals surface area contributed by atoms with Gasteiger partial charge in [-0.25, -0.2) is 4.68 Å². The highest BCUT2D eigenvalue weighted by Gasteiger charge is 2.30. The van der Waals surface area contributed by atoms with Crippen LogP contribution < -0.4 is 10.6 Å². The molecule has 0 aliphatic heterocycles. The highest BCUT2D eigenvalue weighted by Crippen LogP contribution is 2.31. The zero-order valence-corrected chi connectivity index (χ0v) is 21.1. The van der Waals surface area contributed by atoms with Gasteiger partial charge >= 0.3 is 0 Å². The fourth-order valence-electron chi connectivity index (χ4n) is 3.88. The zero-order chi connectivity index (χ0) is 24.9. The Kier molecular flexibility index (Phi) is 7.60. The van der Waals surface area contributed by atoms with E-state index in [0.29, 0.717) is 5.82 Å². The second-order valence-corrected chi connectivity index (χ2v) is 10.5. The Hall–Kier alpha value is -3.41. The predicted octanol–water partition coefficient (Wildman–Crippen LogP) is 4.84. The average molecular weight is 461 g/mol. The molecular formula is C28H36N4O2. The van der Waals surface area contributed by atoms with Crippen LogP contribution in [0.25, 0.3) is 0 Å². The Morgan fingerprint density at radius 3 is 2.03 bits per heavy atom. The molecule has 0 aliphatic rings. The van der Waals surface area contributed by atoms with Crippen molar-refractivity contribution >= 4 is 17.6 Å². The molecule has 0 saturated heterocycles. The average Bonchev–Trinajstić information content (AvgIpc) is 3.20. The van der Waals surface area contributed by atoms with Crippen LogP contribution >= 0.6 is 0 Å². The molecule has 0 bridgehead atoms. The first-order chi connectivity index (χ1) is 16.0. The van der Waals surface area contributed by atoms with Crippen molar-refractivity contribution in [2.75, 3.05) is 5.32 Å². The molecule has 2 N–H and O–H groups in total. The lowest BCUT2D eigenvalue weighted by molar-refractivity contribution is -0.125. The molecule has 0 fully saturated rings. The summed E-state index contributed by atoms with van der Waals surface area (Å²) in [4.78, 5) is 25.4. The van der Waals surface area contributed by atoms with Gasteiger partial charge in [0.2, 0.25) is 11.8 Å². The molecule has 0 radical (unpaired) electrons. The van der Waals surface area contributed by atoms with E-state index in [-0.39, 0.29) is 29.2 Å². The van der Waals surface area contributed by atoms with Crippen molar-refractivity contribution in [3.05, 3.63) is 83.6 Å². The quantitative estimate of drug-likeness (QED) is 0.505. The smallest absolute Gasteiger partial charge is 0.247 e. The third-order valence-corrected chi connectivity index (χ3v) is 5.76. The molecule has 0 spiro atoms. The van der Waals surface area contributed by atoms with Gasteiger partial charge < -0.3 is 10.6 Å². The number of nitrogens with one attached hydrogen (secondary N) is 2. The summed E-state index contributed by atoms with van der Waals surface area (Å²) < 4.78 is 1.85. The number of amides is 2. The second-order valence-electron chi connectivity index (χ2n) is 10.5. The number of aromatic nitrogens is 2. The number of nitrogens with zero attached hydrogens (tertiary/aromatic N) is 2. The second kappa shape index (κ2) is 10.2. The van der Waals surface area contributed by atoms with Crippen molar-refractivity contribution in [3.63, 3.8) is 0 Å². The summed E-state index contributed by atoms with van der Waals surface area (Å²) in [5.41, 5.74) is 2.49. The molecule has 3 rings (SSSR count). The van der Waals surface area contributed by atoms with Crippen molar-refractivity contribution in [2.24, 2.45) is 0 Å². The summed E-state index contributed by atoms with van der Waals surface area (Å²) >= 11 is 0. The topological polar surface area (TPSA) is 76.0 Å². The first-order valence-corrected chi connectivity index (χ1v) is 11.7. The fraction of sp³-hybridized carbons (Fsp3) is 0.393. The summed E-state index contributed by atoms with van der Waals surface area (Å²) in [5.74, 6) is 0.153. The lowest BCUT2D eigenvalue weighted by Gasteiger charge is -2.24. The van der Waals surface area contributed by atoms with E-state index in [9.17, 15) is 9.59 Å². The minimum absolute atomic E-state index is 0.192. The third kappa shape index (κ3) is 6.56. The Morgan fingerprint density at radius 2 is 1.47 bits per heavy atom. The molecule has 2 aromatic carbocycles. The maximum atomic E-state index is 13.0. The molecule has 1 heterocycles. The molecule has 0 unspecified atom stereocenters. The van der Waals surface area contributed by atoms with Gasteiger partial charge in [-0.3, -0.25) is 9.59 Å². The standard InChI is InChI=1S/C28H36N4O2/c1-20(29-25(33)17-21-13-9-7-10-14-21)26(34)30-24-18-23(31-32(24)27(2,3)4)28(5,6)19-22-15-11-8-12-16-22/h7-16,18,20H,17,19H2,1-6H3,(H,29,33)(H,30,34)/t20-/m0/s1. The van der Waals surface area contributed by atoms with Crippen LogP contribution in [0.2, 0.25) is 0 Å². The van der Waals surface area contributed by atoms with E-state index in [1.165, 1.54) is 5.56 Å². The van der Waals surface area contributed by atoms with Gasteiger partial charge in [-0.05, 0) is 45.2 Å². The summed E-state index contributed by atoms with van der Waals surface area (Å²) in [6.07, 6.45) is 1.06. The summed E-state index contributed by atoms with van der Waals surface area (Å²) in [6.45, 7) is 12.2. The van der Waals surface area contributed by atoms with Gasteiger partial charge in [0, 0.05) is 11.5 Å². The van der Waals surface area contributed by atoms with Crippen LogP contribution in [0, 0.1) is 0 Å². The SMILES string of the molecule is C[C@H](NC(=O)Cc1ccccc1)C(=O)Nc1cc(C(C)(C)Cc2ccccc2)nn1C(C)(C)C. The van der Waals surface area contributed by atoms with Crippen LogP contribution in [0.4, 0.5) is 5.82 Å². The molecule has 1 aromatic heterocycles. The minimum Gasteiger partial charge on any atom is -0.344 e.